The highest BCUT2D eigenvalue weighted by Crippen LogP contribution is 2.31. The van der Waals surface area contributed by atoms with Crippen molar-refractivity contribution in [3.05, 3.63) is 45.4 Å². The lowest BCUT2D eigenvalue weighted by Crippen LogP contribution is -2.42. The average molecular weight is 485 g/mol. The lowest BCUT2D eigenvalue weighted by Gasteiger charge is -2.25. The van der Waals surface area contributed by atoms with E-state index in [2.05, 4.69) is 70.5 Å². The molecule has 1 aromatic carbocycles. The number of hydrogen-bond acceptors (Lipinski definition) is 4. The van der Waals surface area contributed by atoms with E-state index in [1.807, 2.05) is 7.05 Å². The molecular formula is C19H28IN5S. The number of aliphatic imine (C=N–C) groups is 1. The summed E-state index contributed by atoms with van der Waals surface area (Å²) in [6, 6.07) is 9.25. The summed E-state index contributed by atoms with van der Waals surface area (Å²) in [5.41, 5.74) is 3.94. The molecule has 7 heteroatoms. The van der Waals surface area contributed by atoms with Crippen LogP contribution in [0.5, 0.6) is 0 Å². The van der Waals surface area contributed by atoms with Gasteiger partial charge in [-0.1, -0.05) is 18.2 Å². The van der Waals surface area contributed by atoms with Gasteiger partial charge in [0.2, 0.25) is 0 Å². The zero-order valence-corrected chi connectivity index (χ0v) is 19.0. The highest BCUT2D eigenvalue weighted by atomic mass is 127. The molecule has 1 aromatic heterocycles. The van der Waals surface area contributed by atoms with E-state index in [1.54, 1.807) is 11.3 Å². The van der Waals surface area contributed by atoms with E-state index in [4.69, 9.17) is 0 Å². The highest BCUT2D eigenvalue weighted by molar-refractivity contribution is 14.0. The Labute approximate surface area is 177 Å². The standard InChI is InChI=1S/C19H27N5S.HI/c1-13-11-16-7-5-6-8-17(16)24(13)10-9-21-19(20-4)22-12-18-23-14(2)15(3)25-18;/h5-8,13H,9-12H2,1-4H3,(H2,20,21,22);1H. The zero-order chi connectivity index (χ0) is 17.8. The molecular weight excluding hydrogens is 457 g/mol. The van der Waals surface area contributed by atoms with Crippen LogP contribution >= 0.6 is 35.3 Å². The van der Waals surface area contributed by atoms with Gasteiger partial charge in [-0.05, 0) is 38.8 Å². The predicted octanol–water partition coefficient (Wildman–Crippen LogP) is 3.49. The predicted molar refractivity (Wildman–Crippen MR) is 122 cm³/mol. The Bertz CT molecular complexity index is 739. The molecule has 2 heterocycles. The van der Waals surface area contributed by atoms with Crippen molar-refractivity contribution < 1.29 is 0 Å². The van der Waals surface area contributed by atoms with Crippen LogP contribution < -0.4 is 15.5 Å². The van der Waals surface area contributed by atoms with Crippen molar-refractivity contribution in [1.82, 2.24) is 15.6 Å². The minimum absolute atomic E-state index is 0. The Morgan fingerprint density at radius 3 is 2.77 bits per heavy atom. The van der Waals surface area contributed by atoms with Crippen LogP contribution in [-0.4, -0.2) is 37.1 Å². The maximum atomic E-state index is 4.56. The minimum Gasteiger partial charge on any atom is -0.367 e. The first-order valence-electron chi connectivity index (χ1n) is 8.80. The van der Waals surface area contributed by atoms with Gasteiger partial charge in [0.25, 0.3) is 0 Å². The molecule has 2 aromatic rings. The molecule has 0 fully saturated rings. The Morgan fingerprint density at radius 2 is 2.08 bits per heavy atom. The number of aromatic nitrogens is 1. The molecule has 5 nitrogen and oxygen atoms in total. The Hall–Kier alpha value is -1.35. The number of guanidine groups is 1. The van der Waals surface area contributed by atoms with Crippen LogP contribution in [0, 0.1) is 13.8 Å². The fourth-order valence-corrected chi connectivity index (χ4v) is 4.13. The fraction of sp³-hybridized carbons (Fsp3) is 0.474. The van der Waals surface area contributed by atoms with Gasteiger partial charge in [0.15, 0.2) is 5.96 Å². The fourth-order valence-electron chi connectivity index (χ4n) is 3.26. The number of hydrogen-bond donors (Lipinski definition) is 2. The molecule has 0 aliphatic carbocycles. The third kappa shape index (κ3) is 4.88. The second kappa shape index (κ2) is 9.55. The Kier molecular flexibility index (Phi) is 7.69. The molecule has 0 bridgehead atoms. The van der Waals surface area contributed by atoms with Gasteiger partial charge in [0.05, 0.1) is 12.2 Å². The number of thiazole rings is 1. The average Bonchev–Trinajstić information content (AvgIpc) is 3.09. The summed E-state index contributed by atoms with van der Waals surface area (Å²) < 4.78 is 0. The van der Waals surface area contributed by atoms with E-state index >= 15 is 0 Å². The summed E-state index contributed by atoms with van der Waals surface area (Å²) in [5, 5.41) is 7.86. The number of benzene rings is 1. The first-order chi connectivity index (χ1) is 12.1. The van der Waals surface area contributed by atoms with E-state index < -0.39 is 0 Å². The number of anilines is 1. The van der Waals surface area contributed by atoms with E-state index in [1.165, 1.54) is 16.1 Å². The summed E-state index contributed by atoms with van der Waals surface area (Å²) in [6.07, 6.45) is 1.13. The molecule has 1 atom stereocenters. The second-order valence-electron chi connectivity index (χ2n) is 6.48. The van der Waals surface area contributed by atoms with Crippen LogP contribution in [0.1, 0.15) is 28.1 Å². The molecule has 1 aliphatic rings. The monoisotopic (exact) mass is 485 g/mol. The lowest BCUT2D eigenvalue weighted by atomic mass is 10.1. The largest absolute Gasteiger partial charge is 0.367 e. The molecule has 0 saturated carbocycles. The molecule has 0 saturated heterocycles. The number of halogens is 1. The van der Waals surface area contributed by atoms with Gasteiger partial charge in [-0.3, -0.25) is 4.99 Å². The van der Waals surface area contributed by atoms with Crippen molar-refractivity contribution in [1.29, 1.82) is 0 Å². The van der Waals surface area contributed by atoms with Gasteiger partial charge in [-0.2, -0.15) is 0 Å². The lowest BCUT2D eigenvalue weighted by molar-refractivity contribution is 0.656. The van der Waals surface area contributed by atoms with Gasteiger partial charge in [0, 0.05) is 36.7 Å². The molecule has 0 radical (unpaired) electrons. The van der Waals surface area contributed by atoms with E-state index in [0.29, 0.717) is 12.6 Å². The number of nitrogens with zero attached hydrogens (tertiary/aromatic N) is 3. The zero-order valence-electron chi connectivity index (χ0n) is 15.9. The topological polar surface area (TPSA) is 52.6 Å². The molecule has 3 rings (SSSR count). The summed E-state index contributed by atoms with van der Waals surface area (Å²) in [5.74, 6) is 0.825. The van der Waals surface area contributed by atoms with Crippen molar-refractivity contribution in [2.75, 3.05) is 25.0 Å². The normalized spacial score (nSPS) is 16.2. The molecule has 1 aliphatic heterocycles. The minimum atomic E-state index is 0. The van der Waals surface area contributed by atoms with Crippen LogP contribution in [0.25, 0.3) is 0 Å². The first-order valence-corrected chi connectivity index (χ1v) is 9.62. The van der Waals surface area contributed by atoms with Crippen LogP contribution in [0.3, 0.4) is 0 Å². The summed E-state index contributed by atoms with van der Waals surface area (Å²) in [4.78, 5) is 12.6. The molecule has 26 heavy (non-hydrogen) atoms. The number of rotatable bonds is 5. The van der Waals surface area contributed by atoms with Gasteiger partial charge in [-0.15, -0.1) is 35.3 Å². The molecule has 0 spiro atoms. The van der Waals surface area contributed by atoms with Crippen molar-refractivity contribution in [2.45, 2.75) is 39.8 Å². The van der Waals surface area contributed by atoms with E-state index in [9.17, 15) is 0 Å². The summed E-state index contributed by atoms with van der Waals surface area (Å²) in [6.45, 7) is 8.99. The molecule has 2 N–H and O–H groups in total. The SMILES string of the molecule is CN=C(NCCN1c2ccccc2CC1C)NCc1nc(C)c(C)s1.I. The van der Waals surface area contributed by atoms with Gasteiger partial charge >= 0.3 is 0 Å². The number of fused-ring (bicyclic) bond motifs is 1. The Balaban J connectivity index is 0.00000243. The van der Waals surface area contributed by atoms with Crippen molar-refractivity contribution >= 4 is 47.0 Å². The first kappa shape index (κ1) is 21.0. The number of nitrogens with one attached hydrogen (secondary N) is 2. The van der Waals surface area contributed by atoms with E-state index in [0.717, 1.165) is 36.2 Å². The van der Waals surface area contributed by atoms with Crippen molar-refractivity contribution in [3.8, 4) is 0 Å². The van der Waals surface area contributed by atoms with Crippen LogP contribution in [-0.2, 0) is 13.0 Å². The van der Waals surface area contributed by atoms with Crippen LogP contribution in [0.4, 0.5) is 5.69 Å². The quantitative estimate of drug-likeness (QED) is 0.387. The maximum Gasteiger partial charge on any atom is 0.191 e. The molecule has 0 amide bonds. The maximum absolute atomic E-state index is 4.56. The van der Waals surface area contributed by atoms with Crippen LogP contribution in [0.2, 0.25) is 0 Å². The van der Waals surface area contributed by atoms with Crippen molar-refractivity contribution in [3.63, 3.8) is 0 Å². The van der Waals surface area contributed by atoms with Crippen molar-refractivity contribution in [2.24, 2.45) is 4.99 Å². The van der Waals surface area contributed by atoms with E-state index in [-0.39, 0.29) is 24.0 Å². The van der Waals surface area contributed by atoms with Gasteiger partial charge in [-0.25, -0.2) is 4.98 Å². The number of para-hydroxylation sites is 1. The summed E-state index contributed by atoms with van der Waals surface area (Å²) in [7, 11) is 1.81. The third-order valence-electron chi connectivity index (χ3n) is 4.70. The smallest absolute Gasteiger partial charge is 0.191 e. The highest BCUT2D eigenvalue weighted by Gasteiger charge is 2.24. The number of aryl methyl sites for hydroxylation is 2. The summed E-state index contributed by atoms with van der Waals surface area (Å²) >= 11 is 1.74. The van der Waals surface area contributed by atoms with Gasteiger partial charge < -0.3 is 15.5 Å². The van der Waals surface area contributed by atoms with Gasteiger partial charge in [0.1, 0.15) is 5.01 Å². The second-order valence-corrected chi connectivity index (χ2v) is 7.76. The third-order valence-corrected chi connectivity index (χ3v) is 5.77. The molecule has 142 valence electrons. The van der Waals surface area contributed by atoms with Crippen LogP contribution in [0.15, 0.2) is 29.3 Å². The Morgan fingerprint density at radius 1 is 1.31 bits per heavy atom. The molecule has 1 unspecified atom stereocenters.